The summed E-state index contributed by atoms with van der Waals surface area (Å²) in [6, 6.07) is 5.25. The molecule has 1 aromatic carbocycles. The van der Waals surface area contributed by atoms with E-state index >= 15 is 0 Å². The number of carbonyl (C=O) groups is 1. The van der Waals surface area contributed by atoms with Crippen molar-refractivity contribution in [2.45, 2.75) is 32.6 Å². The maximum atomic E-state index is 11.4. The molecule has 1 N–H and O–H groups in total. The quantitative estimate of drug-likeness (QED) is 0.479. The van der Waals surface area contributed by atoms with Gasteiger partial charge >= 0.3 is 0 Å². The van der Waals surface area contributed by atoms with Crippen molar-refractivity contribution in [3.63, 3.8) is 0 Å². The predicted octanol–water partition coefficient (Wildman–Crippen LogP) is 4.02. The molecule has 18 heavy (non-hydrogen) atoms. The number of hydrogen-bond donors (Lipinski definition) is 1. The van der Waals surface area contributed by atoms with Crippen molar-refractivity contribution in [2.75, 3.05) is 0 Å². The van der Waals surface area contributed by atoms with Gasteiger partial charge in [0.2, 0.25) is 5.91 Å². The number of rotatable bonds is 6. The molecule has 0 saturated heterocycles. The SMILES string of the molecule is CCCCCC(=O)N/N=C\c1cccc(Cl)c1Cl. The summed E-state index contributed by atoms with van der Waals surface area (Å²) in [4.78, 5) is 11.4. The van der Waals surface area contributed by atoms with Crippen LogP contribution in [0, 0.1) is 0 Å². The number of benzene rings is 1. The van der Waals surface area contributed by atoms with E-state index in [0.717, 1.165) is 19.3 Å². The molecule has 5 heteroatoms. The Bertz CT molecular complexity index is 433. The van der Waals surface area contributed by atoms with Gasteiger partial charge in [0.15, 0.2) is 0 Å². The fourth-order valence-electron chi connectivity index (χ4n) is 1.39. The van der Waals surface area contributed by atoms with Crippen LogP contribution in [0.25, 0.3) is 0 Å². The molecule has 0 atom stereocenters. The normalized spacial score (nSPS) is 10.8. The summed E-state index contributed by atoms with van der Waals surface area (Å²) in [6.45, 7) is 2.09. The smallest absolute Gasteiger partial charge is 0.240 e. The fourth-order valence-corrected chi connectivity index (χ4v) is 1.74. The van der Waals surface area contributed by atoms with Crippen molar-refractivity contribution in [3.05, 3.63) is 33.8 Å². The molecule has 0 fully saturated rings. The minimum absolute atomic E-state index is 0.0853. The number of hydrazone groups is 1. The van der Waals surface area contributed by atoms with Gasteiger partial charge in [0, 0.05) is 12.0 Å². The van der Waals surface area contributed by atoms with Gasteiger partial charge in [0.25, 0.3) is 0 Å². The fraction of sp³-hybridized carbons (Fsp3) is 0.385. The molecule has 0 aliphatic rings. The van der Waals surface area contributed by atoms with Gasteiger partial charge in [0.1, 0.15) is 0 Å². The number of hydrogen-bond acceptors (Lipinski definition) is 2. The zero-order valence-electron chi connectivity index (χ0n) is 10.2. The van der Waals surface area contributed by atoms with Crippen LogP contribution in [0.3, 0.4) is 0 Å². The van der Waals surface area contributed by atoms with Crippen molar-refractivity contribution in [1.29, 1.82) is 0 Å². The number of halogens is 2. The van der Waals surface area contributed by atoms with Crippen LogP contribution in [0.4, 0.5) is 0 Å². The van der Waals surface area contributed by atoms with Crippen molar-refractivity contribution < 1.29 is 4.79 Å². The van der Waals surface area contributed by atoms with E-state index in [1.165, 1.54) is 6.21 Å². The highest BCUT2D eigenvalue weighted by molar-refractivity contribution is 6.43. The van der Waals surface area contributed by atoms with Crippen molar-refractivity contribution in [3.8, 4) is 0 Å². The number of nitrogens with one attached hydrogen (secondary N) is 1. The van der Waals surface area contributed by atoms with Crippen LogP contribution in [0.15, 0.2) is 23.3 Å². The average molecular weight is 287 g/mol. The largest absolute Gasteiger partial charge is 0.273 e. The highest BCUT2D eigenvalue weighted by Crippen LogP contribution is 2.23. The predicted molar refractivity (Wildman–Crippen MR) is 76.3 cm³/mol. The van der Waals surface area contributed by atoms with Gasteiger partial charge in [-0.1, -0.05) is 55.1 Å². The molecule has 0 spiro atoms. The Morgan fingerprint density at radius 1 is 1.39 bits per heavy atom. The summed E-state index contributed by atoms with van der Waals surface area (Å²) in [5.74, 6) is -0.0853. The highest BCUT2D eigenvalue weighted by atomic mass is 35.5. The first-order valence-electron chi connectivity index (χ1n) is 5.91. The molecule has 1 aromatic rings. The second kappa shape index (κ2) is 8.11. The summed E-state index contributed by atoms with van der Waals surface area (Å²) in [5, 5.41) is 4.76. The molecule has 1 amide bonds. The van der Waals surface area contributed by atoms with E-state index in [4.69, 9.17) is 23.2 Å². The summed E-state index contributed by atoms with van der Waals surface area (Å²) in [7, 11) is 0. The maximum absolute atomic E-state index is 11.4. The molecule has 0 aliphatic heterocycles. The number of nitrogens with zero attached hydrogens (tertiary/aromatic N) is 1. The van der Waals surface area contributed by atoms with Crippen molar-refractivity contribution in [1.82, 2.24) is 5.43 Å². The molecule has 0 heterocycles. The molecule has 0 unspecified atom stereocenters. The summed E-state index contributed by atoms with van der Waals surface area (Å²) < 4.78 is 0. The molecule has 3 nitrogen and oxygen atoms in total. The van der Waals surface area contributed by atoms with E-state index in [1.54, 1.807) is 18.2 Å². The zero-order chi connectivity index (χ0) is 13.4. The lowest BCUT2D eigenvalue weighted by molar-refractivity contribution is -0.121. The van der Waals surface area contributed by atoms with Crippen LogP contribution in [0.5, 0.6) is 0 Å². The molecule has 0 saturated carbocycles. The average Bonchev–Trinajstić information content (AvgIpc) is 2.35. The Kier molecular flexibility index (Phi) is 6.76. The lowest BCUT2D eigenvalue weighted by Gasteiger charge is -2.01. The van der Waals surface area contributed by atoms with Crippen molar-refractivity contribution in [2.24, 2.45) is 5.10 Å². The monoisotopic (exact) mass is 286 g/mol. The van der Waals surface area contributed by atoms with E-state index in [1.807, 2.05) is 0 Å². The Hall–Kier alpha value is -1.06. The second-order valence-corrected chi connectivity index (χ2v) is 4.68. The molecular formula is C13H16Cl2N2O. The Morgan fingerprint density at radius 3 is 2.89 bits per heavy atom. The van der Waals surface area contributed by atoms with Gasteiger partial charge in [-0.3, -0.25) is 4.79 Å². The molecule has 1 rings (SSSR count). The van der Waals surface area contributed by atoms with E-state index < -0.39 is 0 Å². The minimum atomic E-state index is -0.0853. The van der Waals surface area contributed by atoms with Crippen molar-refractivity contribution >= 4 is 35.3 Å². The number of amides is 1. The first-order valence-corrected chi connectivity index (χ1v) is 6.66. The minimum Gasteiger partial charge on any atom is -0.273 e. The van der Waals surface area contributed by atoms with Crippen LogP contribution < -0.4 is 5.43 Å². The van der Waals surface area contributed by atoms with E-state index in [-0.39, 0.29) is 5.91 Å². The van der Waals surface area contributed by atoms with Gasteiger partial charge in [-0.2, -0.15) is 5.10 Å². The topological polar surface area (TPSA) is 41.5 Å². The number of carbonyl (C=O) groups excluding carboxylic acids is 1. The third-order valence-electron chi connectivity index (χ3n) is 2.38. The molecule has 0 aliphatic carbocycles. The van der Waals surface area contributed by atoms with E-state index in [0.29, 0.717) is 22.0 Å². The molecule has 0 radical (unpaired) electrons. The van der Waals surface area contributed by atoms with Gasteiger partial charge in [-0.15, -0.1) is 0 Å². The standard InChI is InChI=1S/C13H16Cl2N2O/c1-2-3-4-8-12(18)17-16-9-10-6-5-7-11(14)13(10)15/h5-7,9H,2-4,8H2,1H3,(H,17,18)/b16-9-. The van der Waals surface area contributed by atoms with E-state index in [9.17, 15) is 4.79 Å². The molecule has 98 valence electrons. The Morgan fingerprint density at radius 2 is 2.17 bits per heavy atom. The first kappa shape index (κ1) is 15.0. The van der Waals surface area contributed by atoms with Crippen LogP contribution in [-0.4, -0.2) is 12.1 Å². The maximum Gasteiger partial charge on any atom is 0.240 e. The first-order chi connectivity index (χ1) is 8.65. The van der Waals surface area contributed by atoms with Crippen LogP contribution in [0.2, 0.25) is 10.0 Å². The lowest BCUT2D eigenvalue weighted by Crippen LogP contribution is -2.16. The Balaban J connectivity index is 2.45. The van der Waals surface area contributed by atoms with Crippen LogP contribution in [-0.2, 0) is 4.79 Å². The van der Waals surface area contributed by atoms with Gasteiger partial charge in [0.05, 0.1) is 16.3 Å². The van der Waals surface area contributed by atoms with Gasteiger partial charge in [-0.25, -0.2) is 5.43 Å². The summed E-state index contributed by atoms with van der Waals surface area (Å²) in [5.41, 5.74) is 3.14. The molecule has 0 bridgehead atoms. The molecule has 0 aromatic heterocycles. The third kappa shape index (κ3) is 5.07. The van der Waals surface area contributed by atoms with Gasteiger partial charge < -0.3 is 0 Å². The Labute approximate surface area is 117 Å². The number of unbranched alkanes of at least 4 members (excludes halogenated alkanes) is 2. The zero-order valence-corrected chi connectivity index (χ0v) is 11.8. The van der Waals surface area contributed by atoms with E-state index in [2.05, 4.69) is 17.5 Å². The molecular weight excluding hydrogens is 271 g/mol. The van der Waals surface area contributed by atoms with Gasteiger partial charge in [-0.05, 0) is 12.5 Å². The van der Waals surface area contributed by atoms with Crippen LogP contribution >= 0.6 is 23.2 Å². The lowest BCUT2D eigenvalue weighted by atomic mass is 10.2. The highest BCUT2D eigenvalue weighted by Gasteiger charge is 2.02. The summed E-state index contributed by atoms with van der Waals surface area (Å²) >= 11 is 11.8. The third-order valence-corrected chi connectivity index (χ3v) is 3.22. The second-order valence-electron chi connectivity index (χ2n) is 3.89. The van der Waals surface area contributed by atoms with Crippen LogP contribution in [0.1, 0.15) is 38.2 Å². The summed E-state index contributed by atoms with van der Waals surface area (Å²) in [6.07, 6.45) is 5.02.